The average Bonchev–Trinajstić information content (AvgIpc) is 2.31. The van der Waals surface area contributed by atoms with Crippen LogP contribution in [-0.2, 0) is 9.47 Å². The molecule has 0 amide bonds. The Morgan fingerprint density at radius 2 is 2.35 bits per heavy atom. The van der Waals surface area contributed by atoms with Crippen molar-refractivity contribution in [2.75, 3.05) is 19.7 Å². The molecular formula is C11H18N2O3S. The number of hydrogen-bond donors (Lipinski definition) is 1. The maximum atomic E-state index is 11.3. The van der Waals surface area contributed by atoms with E-state index in [2.05, 4.69) is 9.97 Å². The fourth-order valence-corrected chi connectivity index (χ4v) is 2.04. The van der Waals surface area contributed by atoms with Crippen LogP contribution in [0.3, 0.4) is 0 Å². The van der Waals surface area contributed by atoms with Crippen molar-refractivity contribution in [2.45, 2.75) is 31.5 Å². The van der Waals surface area contributed by atoms with Crippen LogP contribution in [-0.4, -0.2) is 35.7 Å². The molecule has 0 spiro atoms. The van der Waals surface area contributed by atoms with Gasteiger partial charge in [0.2, 0.25) is 0 Å². The Kier molecular flexibility index (Phi) is 6.25. The minimum atomic E-state index is -0.0776. The van der Waals surface area contributed by atoms with Gasteiger partial charge in [0.05, 0.1) is 6.10 Å². The summed E-state index contributed by atoms with van der Waals surface area (Å²) in [7, 11) is 1.60. The number of ether oxygens (including phenoxy) is 2. The van der Waals surface area contributed by atoms with E-state index in [0.29, 0.717) is 17.5 Å². The van der Waals surface area contributed by atoms with Gasteiger partial charge >= 0.3 is 0 Å². The Bertz CT molecular complexity index is 395. The molecule has 5 nitrogen and oxygen atoms in total. The number of aromatic amines is 1. The molecule has 0 aliphatic rings. The van der Waals surface area contributed by atoms with Gasteiger partial charge in [-0.15, -0.1) is 0 Å². The van der Waals surface area contributed by atoms with E-state index in [1.54, 1.807) is 20.2 Å². The Morgan fingerprint density at radius 1 is 1.59 bits per heavy atom. The first-order valence-corrected chi connectivity index (χ1v) is 6.41. The Labute approximate surface area is 105 Å². The zero-order chi connectivity index (χ0) is 12.7. The van der Waals surface area contributed by atoms with Gasteiger partial charge in [-0.1, -0.05) is 11.8 Å². The molecule has 0 radical (unpaired) electrons. The number of aryl methyl sites for hydroxylation is 1. The van der Waals surface area contributed by atoms with E-state index >= 15 is 0 Å². The molecule has 0 aromatic carbocycles. The van der Waals surface area contributed by atoms with Crippen LogP contribution in [0.15, 0.2) is 16.1 Å². The molecule has 1 unspecified atom stereocenters. The molecule has 0 saturated heterocycles. The lowest BCUT2D eigenvalue weighted by Gasteiger charge is -2.11. The van der Waals surface area contributed by atoms with Gasteiger partial charge in [0.25, 0.3) is 5.56 Å². The molecule has 96 valence electrons. The maximum Gasteiger partial charge on any atom is 0.254 e. The minimum Gasteiger partial charge on any atom is -0.359 e. The van der Waals surface area contributed by atoms with E-state index in [1.165, 1.54) is 11.8 Å². The van der Waals surface area contributed by atoms with Crippen molar-refractivity contribution >= 4 is 11.8 Å². The second kappa shape index (κ2) is 7.47. The lowest BCUT2D eigenvalue weighted by molar-refractivity contribution is -0.0655. The Hall–Kier alpha value is -0.850. The highest BCUT2D eigenvalue weighted by Gasteiger charge is 2.04. The SMILES string of the molecule is COCOC(C)CCSc1ncc(C)c(=O)[nH]1. The third-order valence-electron chi connectivity index (χ3n) is 2.19. The van der Waals surface area contributed by atoms with Gasteiger partial charge in [0, 0.05) is 24.6 Å². The van der Waals surface area contributed by atoms with E-state index in [9.17, 15) is 4.79 Å². The zero-order valence-electron chi connectivity index (χ0n) is 10.4. The highest BCUT2D eigenvalue weighted by atomic mass is 32.2. The third-order valence-corrected chi connectivity index (χ3v) is 3.11. The molecule has 17 heavy (non-hydrogen) atoms. The number of aromatic nitrogens is 2. The fourth-order valence-electron chi connectivity index (χ4n) is 1.10. The largest absolute Gasteiger partial charge is 0.359 e. The normalized spacial score (nSPS) is 12.6. The van der Waals surface area contributed by atoms with Crippen molar-refractivity contribution in [3.63, 3.8) is 0 Å². The van der Waals surface area contributed by atoms with E-state index in [0.717, 1.165) is 12.2 Å². The molecule has 0 aliphatic heterocycles. The van der Waals surface area contributed by atoms with Crippen molar-refractivity contribution < 1.29 is 9.47 Å². The molecule has 1 atom stereocenters. The molecule has 1 aromatic rings. The zero-order valence-corrected chi connectivity index (χ0v) is 11.2. The molecule has 0 bridgehead atoms. The molecule has 1 aromatic heterocycles. The summed E-state index contributed by atoms with van der Waals surface area (Å²) in [4.78, 5) is 18.2. The van der Waals surface area contributed by atoms with Gasteiger partial charge in [0.1, 0.15) is 6.79 Å². The van der Waals surface area contributed by atoms with Crippen LogP contribution in [0.25, 0.3) is 0 Å². The van der Waals surface area contributed by atoms with Crippen LogP contribution in [0.5, 0.6) is 0 Å². The molecule has 0 fully saturated rings. The molecule has 1 rings (SSSR count). The number of rotatable bonds is 7. The van der Waals surface area contributed by atoms with Gasteiger partial charge in [-0.2, -0.15) is 0 Å². The van der Waals surface area contributed by atoms with E-state index in [-0.39, 0.29) is 11.7 Å². The van der Waals surface area contributed by atoms with E-state index in [1.807, 2.05) is 6.92 Å². The molecule has 1 heterocycles. The summed E-state index contributed by atoms with van der Waals surface area (Å²) in [5.41, 5.74) is 0.553. The third kappa shape index (κ3) is 5.34. The van der Waals surface area contributed by atoms with Gasteiger partial charge in [0.15, 0.2) is 5.16 Å². The predicted octanol–water partition coefficient (Wildman–Crippen LogP) is 1.57. The smallest absolute Gasteiger partial charge is 0.254 e. The number of hydrogen-bond acceptors (Lipinski definition) is 5. The van der Waals surface area contributed by atoms with Crippen molar-refractivity contribution in [3.05, 3.63) is 22.1 Å². The van der Waals surface area contributed by atoms with Gasteiger partial charge in [-0.25, -0.2) is 4.98 Å². The van der Waals surface area contributed by atoms with Crippen molar-refractivity contribution in [1.82, 2.24) is 9.97 Å². The molecular weight excluding hydrogens is 240 g/mol. The summed E-state index contributed by atoms with van der Waals surface area (Å²) in [5, 5.41) is 0.652. The van der Waals surface area contributed by atoms with Gasteiger partial charge < -0.3 is 14.5 Å². The predicted molar refractivity (Wildman–Crippen MR) is 67.4 cm³/mol. The second-order valence-electron chi connectivity index (χ2n) is 3.72. The van der Waals surface area contributed by atoms with Crippen molar-refractivity contribution in [1.29, 1.82) is 0 Å². The summed E-state index contributed by atoms with van der Waals surface area (Å²) in [6, 6.07) is 0. The lowest BCUT2D eigenvalue weighted by atomic mass is 10.3. The number of nitrogens with one attached hydrogen (secondary N) is 1. The quantitative estimate of drug-likeness (QED) is 0.457. The minimum absolute atomic E-state index is 0.0776. The van der Waals surface area contributed by atoms with Gasteiger partial charge in [-0.05, 0) is 20.3 Å². The highest BCUT2D eigenvalue weighted by molar-refractivity contribution is 7.99. The second-order valence-corrected chi connectivity index (χ2v) is 4.81. The molecule has 0 saturated carbocycles. The number of thioether (sulfide) groups is 1. The van der Waals surface area contributed by atoms with E-state index in [4.69, 9.17) is 9.47 Å². The van der Waals surface area contributed by atoms with Crippen LogP contribution < -0.4 is 5.56 Å². The summed E-state index contributed by atoms with van der Waals surface area (Å²) in [6.07, 6.45) is 2.61. The lowest BCUT2D eigenvalue weighted by Crippen LogP contribution is -2.13. The fraction of sp³-hybridized carbons (Fsp3) is 0.636. The van der Waals surface area contributed by atoms with Crippen molar-refractivity contribution in [3.8, 4) is 0 Å². The first kappa shape index (κ1) is 14.2. The number of nitrogens with zero attached hydrogens (tertiary/aromatic N) is 1. The number of methoxy groups -OCH3 is 1. The molecule has 6 heteroatoms. The van der Waals surface area contributed by atoms with Crippen molar-refractivity contribution in [2.24, 2.45) is 0 Å². The highest BCUT2D eigenvalue weighted by Crippen LogP contribution is 2.13. The summed E-state index contributed by atoms with van der Waals surface area (Å²) < 4.78 is 10.2. The van der Waals surface area contributed by atoms with Gasteiger partial charge in [-0.3, -0.25) is 4.79 Å². The summed E-state index contributed by atoms with van der Waals surface area (Å²) >= 11 is 1.52. The van der Waals surface area contributed by atoms with Crippen LogP contribution in [0.2, 0.25) is 0 Å². The number of H-pyrrole nitrogens is 1. The van der Waals surface area contributed by atoms with Crippen LogP contribution >= 0.6 is 11.8 Å². The summed E-state index contributed by atoms with van der Waals surface area (Å²) in [5.74, 6) is 0.844. The summed E-state index contributed by atoms with van der Waals surface area (Å²) in [6.45, 7) is 4.04. The Balaban J connectivity index is 2.30. The van der Waals surface area contributed by atoms with E-state index < -0.39 is 0 Å². The monoisotopic (exact) mass is 258 g/mol. The van der Waals surface area contributed by atoms with Crippen LogP contribution in [0.1, 0.15) is 18.9 Å². The first-order chi connectivity index (χ1) is 8.13. The topological polar surface area (TPSA) is 64.2 Å². The first-order valence-electron chi connectivity index (χ1n) is 5.42. The average molecular weight is 258 g/mol. The standard InChI is InChI=1S/C11H18N2O3S/c1-8-6-12-11(13-10(8)14)17-5-4-9(2)16-7-15-3/h6,9H,4-5,7H2,1-3H3,(H,12,13,14). The van der Waals surface area contributed by atoms with Crippen LogP contribution in [0, 0.1) is 6.92 Å². The Morgan fingerprint density at radius 3 is 3.00 bits per heavy atom. The molecule has 1 N–H and O–H groups in total. The maximum absolute atomic E-state index is 11.3. The molecule has 0 aliphatic carbocycles. The van der Waals surface area contributed by atoms with Crippen LogP contribution in [0.4, 0.5) is 0 Å².